The normalized spacial score (nSPS) is 12.8. The van der Waals surface area contributed by atoms with Crippen LogP contribution in [-0.2, 0) is 13.0 Å². The van der Waals surface area contributed by atoms with Gasteiger partial charge in [-0.3, -0.25) is 4.99 Å². The minimum atomic E-state index is 0.459. The minimum absolute atomic E-state index is 0.459. The van der Waals surface area contributed by atoms with Crippen molar-refractivity contribution in [1.82, 2.24) is 4.90 Å². The van der Waals surface area contributed by atoms with Gasteiger partial charge in [0, 0.05) is 13.1 Å². The third kappa shape index (κ3) is 5.11. The lowest BCUT2D eigenvalue weighted by Gasteiger charge is -2.17. The Morgan fingerprint density at radius 1 is 0.867 bits per heavy atom. The lowest BCUT2D eigenvalue weighted by atomic mass is 10.1. The number of rotatable bonds is 9. The van der Waals surface area contributed by atoms with Crippen LogP contribution in [0.15, 0.2) is 77.8 Å². The molecule has 0 spiro atoms. The fourth-order valence-corrected chi connectivity index (χ4v) is 3.32. The van der Waals surface area contributed by atoms with E-state index in [0.717, 1.165) is 48.9 Å². The first-order valence-electron chi connectivity index (χ1n) is 10.2. The van der Waals surface area contributed by atoms with Gasteiger partial charge in [-0.15, -0.1) is 0 Å². The maximum atomic E-state index is 6.28. The van der Waals surface area contributed by atoms with Crippen molar-refractivity contribution < 1.29 is 14.2 Å². The standard InChI is InChI=1S/C25H26N2O3/c1-28-22-12-10-20(11-13-22)18-29-24-8-4-5-9-25(24)30-23-7-3-2-6-21(23)14-16-27-17-15-26-19-27/h2-13,19H,14-18H2,1H3. The van der Waals surface area contributed by atoms with Crippen LogP contribution in [0.4, 0.5) is 0 Å². The van der Waals surface area contributed by atoms with Gasteiger partial charge in [-0.2, -0.15) is 0 Å². The Balaban J connectivity index is 1.44. The highest BCUT2D eigenvalue weighted by Crippen LogP contribution is 2.33. The van der Waals surface area contributed by atoms with Crippen molar-refractivity contribution in [3.63, 3.8) is 0 Å². The summed E-state index contributed by atoms with van der Waals surface area (Å²) in [5.41, 5.74) is 2.24. The molecule has 0 aromatic heterocycles. The summed E-state index contributed by atoms with van der Waals surface area (Å²) in [4.78, 5) is 6.52. The Bertz CT molecular complexity index is 986. The molecule has 1 aliphatic rings. The minimum Gasteiger partial charge on any atom is -0.497 e. The highest BCUT2D eigenvalue weighted by Gasteiger charge is 2.11. The number of aliphatic imine (C=N–C) groups is 1. The SMILES string of the molecule is COc1ccc(COc2ccccc2Oc2ccccc2CCN2C=NCC2)cc1. The average molecular weight is 402 g/mol. The molecular formula is C25H26N2O3. The highest BCUT2D eigenvalue weighted by molar-refractivity contribution is 5.57. The van der Waals surface area contributed by atoms with Crippen molar-refractivity contribution in [2.24, 2.45) is 4.99 Å². The van der Waals surface area contributed by atoms with E-state index in [0.29, 0.717) is 12.4 Å². The monoisotopic (exact) mass is 402 g/mol. The van der Waals surface area contributed by atoms with Crippen molar-refractivity contribution in [2.75, 3.05) is 26.7 Å². The molecule has 30 heavy (non-hydrogen) atoms. The first-order chi connectivity index (χ1) is 14.8. The van der Waals surface area contributed by atoms with Gasteiger partial charge in [0.1, 0.15) is 18.1 Å². The molecule has 0 radical (unpaired) electrons. The lowest BCUT2D eigenvalue weighted by Crippen LogP contribution is -2.22. The third-order valence-electron chi connectivity index (χ3n) is 5.02. The number of hydrogen-bond acceptors (Lipinski definition) is 5. The first-order valence-corrected chi connectivity index (χ1v) is 10.2. The largest absolute Gasteiger partial charge is 0.497 e. The van der Waals surface area contributed by atoms with E-state index < -0.39 is 0 Å². The van der Waals surface area contributed by atoms with Crippen molar-refractivity contribution in [1.29, 1.82) is 0 Å². The molecular weight excluding hydrogens is 376 g/mol. The van der Waals surface area contributed by atoms with Crippen molar-refractivity contribution >= 4 is 6.34 Å². The van der Waals surface area contributed by atoms with E-state index in [4.69, 9.17) is 14.2 Å². The number of hydrogen-bond donors (Lipinski definition) is 0. The van der Waals surface area contributed by atoms with Crippen molar-refractivity contribution in [3.8, 4) is 23.0 Å². The van der Waals surface area contributed by atoms with Crippen LogP contribution in [-0.4, -0.2) is 38.0 Å². The van der Waals surface area contributed by atoms with Gasteiger partial charge < -0.3 is 19.1 Å². The fourth-order valence-electron chi connectivity index (χ4n) is 3.32. The summed E-state index contributed by atoms with van der Waals surface area (Å²) in [6.45, 7) is 3.27. The molecule has 3 aromatic rings. The fraction of sp³-hybridized carbons (Fsp3) is 0.240. The van der Waals surface area contributed by atoms with Gasteiger partial charge in [0.15, 0.2) is 11.5 Å². The lowest BCUT2D eigenvalue weighted by molar-refractivity contribution is 0.291. The summed E-state index contributed by atoms with van der Waals surface area (Å²) >= 11 is 0. The van der Waals surface area contributed by atoms with Gasteiger partial charge >= 0.3 is 0 Å². The zero-order valence-corrected chi connectivity index (χ0v) is 17.2. The Morgan fingerprint density at radius 3 is 2.33 bits per heavy atom. The molecule has 5 heteroatoms. The zero-order valence-electron chi connectivity index (χ0n) is 17.2. The average Bonchev–Trinajstić information content (AvgIpc) is 3.32. The van der Waals surface area contributed by atoms with E-state index >= 15 is 0 Å². The van der Waals surface area contributed by atoms with Gasteiger partial charge in [-0.05, 0) is 47.9 Å². The van der Waals surface area contributed by atoms with E-state index in [9.17, 15) is 0 Å². The van der Waals surface area contributed by atoms with E-state index in [1.54, 1.807) is 7.11 Å². The number of nitrogens with zero attached hydrogens (tertiary/aromatic N) is 2. The van der Waals surface area contributed by atoms with Crippen LogP contribution < -0.4 is 14.2 Å². The molecule has 5 nitrogen and oxygen atoms in total. The number of benzene rings is 3. The maximum absolute atomic E-state index is 6.28. The van der Waals surface area contributed by atoms with Crippen molar-refractivity contribution in [3.05, 3.63) is 83.9 Å². The Hall–Kier alpha value is -3.47. The third-order valence-corrected chi connectivity index (χ3v) is 5.02. The summed E-state index contributed by atoms with van der Waals surface area (Å²) in [5.74, 6) is 3.12. The Labute approximate surface area is 177 Å². The summed E-state index contributed by atoms with van der Waals surface area (Å²) in [5, 5.41) is 0. The van der Waals surface area contributed by atoms with Crippen LogP contribution in [0.3, 0.4) is 0 Å². The molecule has 0 saturated heterocycles. The molecule has 0 bridgehead atoms. The summed E-state index contributed by atoms with van der Waals surface area (Å²) in [6, 6.07) is 23.8. The van der Waals surface area contributed by atoms with Gasteiger partial charge in [0.25, 0.3) is 0 Å². The van der Waals surface area contributed by atoms with Gasteiger partial charge in [-0.25, -0.2) is 0 Å². The van der Waals surface area contributed by atoms with Gasteiger partial charge in [0.05, 0.1) is 20.0 Å². The van der Waals surface area contributed by atoms with Crippen LogP contribution in [0.25, 0.3) is 0 Å². The smallest absolute Gasteiger partial charge is 0.169 e. The van der Waals surface area contributed by atoms with E-state index in [2.05, 4.69) is 16.0 Å². The highest BCUT2D eigenvalue weighted by atomic mass is 16.5. The Morgan fingerprint density at radius 2 is 1.60 bits per heavy atom. The molecule has 3 aromatic carbocycles. The molecule has 1 aliphatic heterocycles. The number of para-hydroxylation sites is 3. The molecule has 0 N–H and O–H groups in total. The second kappa shape index (κ2) is 9.83. The summed E-state index contributed by atoms with van der Waals surface area (Å²) in [7, 11) is 1.66. The first kappa shape index (κ1) is 19.8. The Kier molecular flexibility index (Phi) is 6.50. The summed E-state index contributed by atoms with van der Waals surface area (Å²) in [6.07, 6.45) is 2.84. The van der Waals surface area contributed by atoms with Gasteiger partial charge in [0.2, 0.25) is 0 Å². The second-order valence-electron chi connectivity index (χ2n) is 7.10. The molecule has 0 amide bonds. The molecule has 1 heterocycles. The predicted octanol–water partition coefficient (Wildman–Crippen LogP) is 4.95. The molecule has 4 rings (SSSR count). The van der Waals surface area contributed by atoms with Crippen LogP contribution in [0, 0.1) is 0 Å². The van der Waals surface area contributed by atoms with Crippen LogP contribution in [0.1, 0.15) is 11.1 Å². The maximum Gasteiger partial charge on any atom is 0.169 e. The van der Waals surface area contributed by atoms with Crippen LogP contribution in [0.5, 0.6) is 23.0 Å². The molecule has 0 fully saturated rings. The second-order valence-corrected chi connectivity index (χ2v) is 7.10. The van der Waals surface area contributed by atoms with Crippen LogP contribution in [0.2, 0.25) is 0 Å². The molecule has 154 valence electrons. The van der Waals surface area contributed by atoms with E-state index in [1.807, 2.05) is 73.1 Å². The van der Waals surface area contributed by atoms with Crippen LogP contribution >= 0.6 is 0 Å². The van der Waals surface area contributed by atoms with Crippen molar-refractivity contribution in [2.45, 2.75) is 13.0 Å². The van der Waals surface area contributed by atoms with Gasteiger partial charge in [-0.1, -0.05) is 42.5 Å². The molecule has 0 aliphatic carbocycles. The molecule has 0 unspecified atom stereocenters. The topological polar surface area (TPSA) is 43.3 Å². The summed E-state index contributed by atoms with van der Waals surface area (Å²) < 4.78 is 17.6. The molecule has 0 atom stereocenters. The predicted molar refractivity (Wildman–Crippen MR) is 119 cm³/mol. The number of methoxy groups -OCH3 is 1. The molecule has 0 saturated carbocycles. The van der Waals surface area contributed by atoms with E-state index in [1.165, 1.54) is 5.56 Å². The number of ether oxygens (including phenoxy) is 3. The van der Waals surface area contributed by atoms with E-state index in [-0.39, 0.29) is 0 Å². The quantitative estimate of drug-likeness (QED) is 0.508. The zero-order chi connectivity index (χ0) is 20.6.